The SMILES string of the molecule is COCCCOc1cnccc1CNCC(C)C. The second kappa shape index (κ2) is 8.89. The topological polar surface area (TPSA) is 43.4 Å². The van der Waals surface area contributed by atoms with E-state index in [0.717, 1.165) is 37.4 Å². The maximum Gasteiger partial charge on any atom is 0.142 e. The van der Waals surface area contributed by atoms with Gasteiger partial charge in [-0.25, -0.2) is 0 Å². The van der Waals surface area contributed by atoms with Gasteiger partial charge in [-0.2, -0.15) is 0 Å². The average molecular weight is 252 g/mol. The Balaban J connectivity index is 2.40. The number of hydrogen-bond donors (Lipinski definition) is 1. The van der Waals surface area contributed by atoms with Crippen molar-refractivity contribution in [3.63, 3.8) is 0 Å². The zero-order chi connectivity index (χ0) is 13.2. The van der Waals surface area contributed by atoms with Crippen molar-refractivity contribution in [2.45, 2.75) is 26.8 Å². The summed E-state index contributed by atoms with van der Waals surface area (Å²) in [6.07, 6.45) is 4.47. The zero-order valence-electron chi connectivity index (χ0n) is 11.6. The highest BCUT2D eigenvalue weighted by molar-refractivity contribution is 5.29. The number of aromatic nitrogens is 1. The van der Waals surface area contributed by atoms with E-state index < -0.39 is 0 Å². The van der Waals surface area contributed by atoms with Crippen molar-refractivity contribution in [2.75, 3.05) is 26.9 Å². The molecular weight excluding hydrogens is 228 g/mol. The minimum atomic E-state index is 0.651. The van der Waals surface area contributed by atoms with E-state index in [1.807, 2.05) is 6.07 Å². The van der Waals surface area contributed by atoms with Crippen LogP contribution in [0.5, 0.6) is 5.75 Å². The lowest BCUT2D eigenvalue weighted by Crippen LogP contribution is -2.19. The van der Waals surface area contributed by atoms with E-state index in [1.165, 1.54) is 0 Å². The van der Waals surface area contributed by atoms with Crippen LogP contribution in [-0.2, 0) is 11.3 Å². The quantitative estimate of drug-likeness (QED) is 0.685. The minimum absolute atomic E-state index is 0.651. The van der Waals surface area contributed by atoms with Crippen LogP contribution in [-0.4, -0.2) is 31.9 Å². The molecule has 0 unspecified atom stereocenters. The Bertz CT molecular complexity index is 329. The van der Waals surface area contributed by atoms with Crippen molar-refractivity contribution in [1.29, 1.82) is 0 Å². The van der Waals surface area contributed by atoms with Crippen molar-refractivity contribution in [2.24, 2.45) is 5.92 Å². The highest BCUT2D eigenvalue weighted by Gasteiger charge is 2.03. The summed E-state index contributed by atoms with van der Waals surface area (Å²) in [5.74, 6) is 1.52. The van der Waals surface area contributed by atoms with Gasteiger partial charge in [0, 0.05) is 38.4 Å². The molecular formula is C14H24N2O2. The third-order valence-corrected chi connectivity index (χ3v) is 2.49. The van der Waals surface area contributed by atoms with Crippen LogP contribution in [0.2, 0.25) is 0 Å². The van der Waals surface area contributed by atoms with E-state index in [9.17, 15) is 0 Å². The van der Waals surface area contributed by atoms with Gasteiger partial charge in [-0.05, 0) is 18.5 Å². The number of nitrogens with zero attached hydrogens (tertiary/aromatic N) is 1. The Morgan fingerprint density at radius 2 is 2.17 bits per heavy atom. The number of methoxy groups -OCH3 is 1. The Morgan fingerprint density at radius 3 is 2.89 bits per heavy atom. The second-order valence-electron chi connectivity index (χ2n) is 4.70. The fourth-order valence-electron chi connectivity index (χ4n) is 1.57. The lowest BCUT2D eigenvalue weighted by molar-refractivity contribution is 0.171. The van der Waals surface area contributed by atoms with Crippen LogP contribution in [0.25, 0.3) is 0 Å². The summed E-state index contributed by atoms with van der Waals surface area (Å²) in [6, 6.07) is 2.00. The summed E-state index contributed by atoms with van der Waals surface area (Å²) in [5.41, 5.74) is 1.16. The molecule has 0 amide bonds. The molecule has 0 aliphatic carbocycles. The molecule has 0 atom stereocenters. The van der Waals surface area contributed by atoms with Crippen molar-refractivity contribution in [1.82, 2.24) is 10.3 Å². The van der Waals surface area contributed by atoms with E-state index in [0.29, 0.717) is 12.5 Å². The molecule has 0 aliphatic heterocycles. The van der Waals surface area contributed by atoms with E-state index in [2.05, 4.69) is 24.1 Å². The Morgan fingerprint density at radius 1 is 1.33 bits per heavy atom. The fourth-order valence-corrected chi connectivity index (χ4v) is 1.57. The van der Waals surface area contributed by atoms with Gasteiger partial charge in [0.1, 0.15) is 5.75 Å². The zero-order valence-corrected chi connectivity index (χ0v) is 11.6. The largest absolute Gasteiger partial charge is 0.492 e. The van der Waals surface area contributed by atoms with Crippen LogP contribution in [0.1, 0.15) is 25.8 Å². The predicted octanol–water partition coefficient (Wildman–Crippen LogP) is 2.24. The monoisotopic (exact) mass is 252 g/mol. The molecule has 0 bridgehead atoms. The van der Waals surface area contributed by atoms with Crippen molar-refractivity contribution in [3.05, 3.63) is 24.0 Å². The van der Waals surface area contributed by atoms with Gasteiger partial charge in [0.15, 0.2) is 0 Å². The van der Waals surface area contributed by atoms with Gasteiger partial charge in [-0.1, -0.05) is 13.8 Å². The number of ether oxygens (including phenoxy) is 2. The first-order chi connectivity index (χ1) is 8.74. The maximum absolute atomic E-state index is 5.71. The first-order valence-corrected chi connectivity index (χ1v) is 6.49. The van der Waals surface area contributed by atoms with Gasteiger partial charge in [-0.3, -0.25) is 4.98 Å². The van der Waals surface area contributed by atoms with E-state index in [1.54, 1.807) is 19.5 Å². The highest BCUT2D eigenvalue weighted by Crippen LogP contribution is 2.16. The summed E-state index contributed by atoms with van der Waals surface area (Å²) < 4.78 is 10.7. The van der Waals surface area contributed by atoms with Crippen LogP contribution < -0.4 is 10.1 Å². The Hall–Kier alpha value is -1.13. The van der Waals surface area contributed by atoms with Crippen LogP contribution in [0.4, 0.5) is 0 Å². The molecule has 0 saturated carbocycles. The fraction of sp³-hybridized carbons (Fsp3) is 0.643. The molecule has 0 aromatic carbocycles. The smallest absolute Gasteiger partial charge is 0.142 e. The molecule has 0 spiro atoms. The molecule has 102 valence electrons. The second-order valence-corrected chi connectivity index (χ2v) is 4.70. The number of nitrogens with one attached hydrogen (secondary N) is 1. The maximum atomic E-state index is 5.71. The summed E-state index contributed by atoms with van der Waals surface area (Å²) >= 11 is 0. The lowest BCUT2D eigenvalue weighted by atomic mass is 10.2. The predicted molar refractivity (Wildman–Crippen MR) is 72.8 cm³/mol. The van der Waals surface area contributed by atoms with E-state index >= 15 is 0 Å². The molecule has 4 heteroatoms. The first-order valence-electron chi connectivity index (χ1n) is 6.49. The number of hydrogen-bond acceptors (Lipinski definition) is 4. The standard InChI is InChI=1S/C14H24N2O2/c1-12(2)9-16-10-13-5-6-15-11-14(13)18-8-4-7-17-3/h5-6,11-12,16H,4,7-10H2,1-3H3. The van der Waals surface area contributed by atoms with Crippen LogP contribution in [0.3, 0.4) is 0 Å². The third-order valence-electron chi connectivity index (χ3n) is 2.49. The molecule has 0 aliphatic rings. The van der Waals surface area contributed by atoms with Crippen LogP contribution in [0.15, 0.2) is 18.5 Å². The molecule has 1 aromatic rings. The first kappa shape index (κ1) is 14.9. The number of rotatable bonds is 9. The molecule has 18 heavy (non-hydrogen) atoms. The normalized spacial score (nSPS) is 10.9. The molecule has 0 radical (unpaired) electrons. The summed E-state index contributed by atoms with van der Waals surface area (Å²) in [7, 11) is 1.70. The van der Waals surface area contributed by atoms with Crippen molar-refractivity contribution >= 4 is 0 Å². The summed E-state index contributed by atoms with van der Waals surface area (Å²) in [6.45, 7) is 7.60. The van der Waals surface area contributed by atoms with Gasteiger partial charge < -0.3 is 14.8 Å². The van der Waals surface area contributed by atoms with Gasteiger partial charge in [-0.15, -0.1) is 0 Å². The molecule has 4 nitrogen and oxygen atoms in total. The third kappa shape index (κ3) is 5.98. The molecule has 1 rings (SSSR count). The Kier molecular flexibility index (Phi) is 7.37. The lowest BCUT2D eigenvalue weighted by Gasteiger charge is -2.12. The van der Waals surface area contributed by atoms with Crippen molar-refractivity contribution in [3.8, 4) is 5.75 Å². The molecule has 1 aromatic heterocycles. The summed E-state index contributed by atoms with van der Waals surface area (Å²) in [5, 5.41) is 3.41. The van der Waals surface area contributed by atoms with Crippen LogP contribution >= 0.6 is 0 Å². The van der Waals surface area contributed by atoms with E-state index in [-0.39, 0.29) is 0 Å². The molecule has 1 N–H and O–H groups in total. The molecule has 1 heterocycles. The minimum Gasteiger partial charge on any atom is -0.492 e. The van der Waals surface area contributed by atoms with Gasteiger partial charge in [0.2, 0.25) is 0 Å². The summed E-state index contributed by atoms with van der Waals surface area (Å²) in [4.78, 5) is 4.10. The van der Waals surface area contributed by atoms with Gasteiger partial charge in [0.25, 0.3) is 0 Å². The Labute approximate surface area is 110 Å². The van der Waals surface area contributed by atoms with Gasteiger partial charge in [0.05, 0.1) is 12.8 Å². The van der Waals surface area contributed by atoms with E-state index in [4.69, 9.17) is 9.47 Å². The number of pyridine rings is 1. The van der Waals surface area contributed by atoms with Crippen molar-refractivity contribution < 1.29 is 9.47 Å². The molecule has 0 saturated heterocycles. The van der Waals surface area contributed by atoms with Gasteiger partial charge >= 0.3 is 0 Å². The van der Waals surface area contributed by atoms with Crippen LogP contribution in [0, 0.1) is 5.92 Å². The average Bonchev–Trinajstić information content (AvgIpc) is 2.36. The molecule has 0 fully saturated rings. The highest BCUT2D eigenvalue weighted by atomic mass is 16.5.